The summed E-state index contributed by atoms with van der Waals surface area (Å²) < 4.78 is 15.4. The predicted molar refractivity (Wildman–Crippen MR) is 118 cm³/mol. The van der Waals surface area contributed by atoms with Gasteiger partial charge in [-0.25, -0.2) is 4.39 Å². The first-order valence-corrected chi connectivity index (χ1v) is 9.73. The van der Waals surface area contributed by atoms with Crippen LogP contribution in [0.4, 0.5) is 10.1 Å². The molecule has 152 valence electrons. The van der Waals surface area contributed by atoms with Crippen LogP contribution in [0.5, 0.6) is 0 Å². The molecule has 1 heterocycles. The normalized spacial score (nSPS) is 11.3. The second-order valence-electron chi connectivity index (χ2n) is 7.26. The maximum atomic E-state index is 13.5. The van der Waals surface area contributed by atoms with Crippen LogP contribution in [0.2, 0.25) is 5.02 Å². The van der Waals surface area contributed by atoms with E-state index in [0.29, 0.717) is 11.4 Å². The van der Waals surface area contributed by atoms with Gasteiger partial charge in [-0.2, -0.15) is 5.26 Å². The van der Waals surface area contributed by atoms with Crippen molar-refractivity contribution in [3.05, 3.63) is 87.0 Å². The van der Waals surface area contributed by atoms with E-state index in [2.05, 4.69) is 5.32 Å². The fourth-order valence-corrected chi connectivity index (χ4v) is 3.68. The molecule has 1 amide bonds. The third-order valence-corrected chi connectivity index (χ3v) is 5.07. The molecule has 0 spiro atoms. The van der Waals surface area contributed by atoms with Gasteiger partial charge in [0.2, 0.25) is 0 Å². The number of aryl methyl sites for hydroxylation is 3. The number of amides is 1. The molecule has 0 atom stereocenters. The van der Waals surface area contributed by atoms with Crippen molar-refractivity contribution in [1.82, 2.24) is 4.57 Å². The lowest BCUT2D eigenvalue weighted by molar-refractivity contribution is -0.112. The Hall–Kier alpha value is -3.36. The van der Waals surface area contributed by atoms with Crippen molar-refractivity contribution < 1.29 is 9.18 Å². The largest absolute Gasteiger partial charge is 0.321 e. The number of nitriles is 1. The van der Waals surface area contributed by atoms with Crippen LogP contribution in [0.1, 0.15) is 28.1 Å². The average molecular weight is 422 g/mol. The van der Waals surface area contributed by atoms with Gasteiger partial charge in [-0.3, -0.25) is 4.79 Å². The minimum absolute atomic E-state index is 0.00783. The van der Waals surface area contributed by atoms with Gasteiger partial charge in [0.05, 0.1) is 5.02 Å². The van der Waals surface area contributed by atoms with Gasteiger partial charge in [-0.1, -0.05) is 17.7 Å². The fourth-order valence-electron chi connectivity index (χ4n) is 3.50. The molecule has 1 N–H and O–H groups in total. The Balaban J connectivity index is 1.95. The summed E-state index contributed by atoms with van der Waals surface area (Å²) in [6.45, 7) is 7.65. The summed E-state index contributed by atoms with van der Waals surface area (Å²) in [5, 5.41) is 12.4. The van der Waals surface area contributed by atoms with Gasteiger partial charge < -0.3 is 9.88 Å². The highest BCUT2D eigenvalue weighted by Crippen LogP contribution is 2.26. The van der Waals surface area contributed by atoms with Crippen molar-refractivity contribution in [3.63, 3.8) is 0 Å². The van der Waals surface area contributed by atoms with Gasteiger partial charge in [0.15, 0.2) is 0 Å². The van der Waals surface area contributed by atoms with Gasteiger partial charge in [-0.05, 0) is 86.9 Å². The van der Waals surface area contributed by atoms with Gasteiger partial charge in [0, 0.05) is 22.8 Å². The second kappa shape index (κ2) is 8.56. The molecule has 3 aromatic rings. The van der Waals surface area contributed by atoms with Crippen molar-refractivity contribution in [1.29, 1.82) is 5.26 Å². The first-order valence-electron chi connectivity index (χ1n) is 9.35. The standard InChI is InChI=1S/C24H21ClFN3O/c1-14-7-15(2)9-20(8-14)28-24(30)19(13-27)11-18-10-16(3)29(17(18)4)21-5-6-23(26)22(25)12-21/h5-12H,1-4H3,(H,28,30)/b19-11-. The first-order chi connectivity index (χ1) is 14.2. The molecule has 4 nitrogen and oxygen atoms in total. The highest BCUT2D eigenvalue weighted by molar-refractivity contribution is 6.30. The van der Waals surface area contributed by atoms with Gasteiger partial charge in [0.1, 0.15) is 17.5 Å². The molecular weight excluding hydrogens is 401 g/mol. The van der Waals surface area contributed by atoms with Crippen molar-refractivity contribution in [2.24, 2.45) is 0 Å². The number of halogens is 2. The van der Waals surface area contributed by atoms with Gasteiger partial charge in [0.25, 0.3) is 5.91 Å². The molecule has 0 bridgehead atoms. The lowest BCUT2D eigenvalue weighted by Crippen LogP contribution is -2.13. The van der Waals surface area contributed by atoms with E-state index in [4.69, 9.17) is 11.6 Å². The average Bonchev–Trinajstić information content (AvgIpc) is 2.94. The molecular formula is C24H21ClFN3O. The van der Waals surface area contributed by atoms with E-state index in [1.807, 2.05) is 62.6 Å². The van der Waals surface area contributed by atoms with E-state index in [-0.39, 0.29) is 10.6 Å². The molecule has 6 heteroatoms. The number of aromatic nitrogens is 1. The first kappa shape index (κ1) is 21.4. The van der Waals surface area contributed by atoms with Crippen LogP contribution in [0.15, 0.2) is 48.0 Å². The number of anilines is 1. The summed E-state index contributed by atoms with van der Waals surface area (Å²) >= 11 is 5.93. The number of hydrogen-bond donors (Lipinski definition) is 1. The molecule has 2 aromatic carbocycles. The quantitative estimate of drug-likeness (QED) is 0.411. The molecule has 3 rings (SSSR count). The van der Waals surface area contributed by atoms with Crippen LogP contribution >= 0.6 is 11.6 Å². The summed E-state index contributed by atoms with van der Waals surface area (Å²) in [6.07, 6.45) is 1.56. The Morgan fingerprint density at radius 3 is 2.37 bits per heavy atom. The number of hydrogen-bond acceptors (Lipinski definition) is 2. The van der Waals surface area contributed by atoms with Crippen LogP contribution < -0.4 is 5.32 Å². The van der Waals surface area contributed by atoms with E-state index >= 15 is 0 Å². The van der Waals surface area contributed by atoms with Gasteiger partial charge >= 0.3 is 0 Å². The highest BCUT2D eigenvalue weighted by Gasteiger charge is 2.15. The topological polar surface area (TPSA) is 57.8 Å². The molecule has 30 heavy (non-hydrogen) atoms. The molecule has 0 aliphatic rings. The zero-order valence-corrected chi connectivity index (χ0v) is 17.9. The molecule has 0 saturated carbocycles. The number of rotatable bonds is 4. The maximum absolute atomic E-state index is 13.5. The van der Waals surface area contributed by atoms with Crippen LogP contribution in [0, 0.1) is 44.8 Å². The van der Waals surface area contributed by atoms with Crippen molar-refractivity contribution >= 4 is 29.3 Å². The monoisotopic (exact) mass is 421 g/mol. The smallest absolute Gasteiger partial charge is 0.266 e. The molecule has 1 aromatic heterocycles. The van der Waals surface area contributed by atoms with Crippen LogP contribution in [0.3, 0.4) is 0 Å². The zero-order valence-electron chi connectivity index (χ0n) is 17.2. The molecule has 0 saturated heterocycles. The summed E-state index contributed by atoms with van der Waals surface area (Å²) in [4.78, 5) is 12.7. The number of carbonyl (C=O) groups excluding carboxylic acids is 1. The molecule has 0 aliphatic heterocycles. The van der Waals surface area contributed by atoms with E-state index in [0.717, 1.165) is 28.1 Å². The minimum Gasteiger partial charge on any atom is -0.321 e. The van der Waals surface area contributed by atoms with Crippen molar-refractivity contribution in [3.8, 4) is 11.8 Å². The van der Waals surface area contributed by atoms with Crippen LogP contribution in [-0.2, 0) is 4.79 Å². The summed E-state index contributed by atoms with van der Waals surface area (Å²) in [5.41, 5.74) is 5.78. The van der Waals surface area contributed by atoms with Gasteiger partial charge in [-0.15, -0.1) is 0 Å². The third-order valence-electron chi connectivity index (χ3n) is 4.78. The van der Waals surface area contributed by atoms with E-state index in [1.54, 1.807) is 18.2 Å². The number of nitrogens with one attached hydrogen (secondary N) is 1. The van der Waals surface area contributed by atoms with E-state index in [9.17, 15) is 14.4 Å². The van der Waals surface area contributed by atoms with E-state index in [1.165, 1.54) is 6.07 Å². The Morgan fingerprint density at radius 2 is 1.77 bits per heavy atom. The Kier molecular flexibility index (Phi) is 6.09. The SMILES string of the molecule is Cc1cc(C)cc(NC(=O)/C(C#N)=C\c2cc(C)n(-c3ccc(F)c(Cl)c3)c2C)c1. The fraction of sp³-hybridized carbons (Fsp3) is 0.167. The zero-order chi connectivity index (χ0) is 22.0. The third kappa shape index (κ3) is 4.45. The van der Waals surface area contributed by atoms with Crippen molar-refractivity contribution in [2.75, 3.05) is 5.32 Å². The molecule has 0 radical (unpaired) electrons. The highest BCUT2D eigenvalue weighted by atomic mass is 35.5. The molecule has 0 aliphatic carbocycles. The Bertz CT molecular complexity index is 1200. The lowest BCUT2D eigenvalue weighted by Gasteiger charge is -2.10. The minimum atomic E-state index is -0.488. The number of carbonyl (C=O) groups is 1. The van der Waals surface area contributed by atoms with Crippen LogP contribution in [0.25, 0.3) is 11.8 Å². The summed E-state index contributed by atoms with van der Waals surface area (Å²) in [7, 11) is 0. The lowest BCUT2D eigenvalue weighted by atomic mass is 10.1. The van der Waals surface area contributed by atoms with Crippen molar-refractivity contribution in [2.45, 2.75) is 27.7 Å². The van der Waals surface area contributed by atoms with E-state index < -0.39 is 11.7 Å². The van der Waals surface area contributed by atoms with Crippen LogP contribution in [-0.4, -0.2) is 10.5 Å². The second-order valence-corrected chi connectivity index (χ2v) is 7.67. The number of benzene rings is 2. The molecule has 0 fully saturated rings. The summed E-state index contributed by atoms with van der Waals surface area (Å²) in [5.74, 6) is -0.963. The summed E-state index contributed by atoms with van der Waals surface area (Å²) in [6, 6.07) is 14.0. The maximum Gasteiger partial charge on any atom is 0.266 e. The Labute approximate surface area is 180 Å². The Morgan fingerprint density at radius 1 is 1.10 bits per heavy atom. The predicted octanol–water partition coefficient (Wildman–Crippen LogP) is 6.05. The number of nitrogens with zero attached hydrogens (tertiary/aromatic N) is 2. The molecule has 0 unspecified atom stereocenters.